The molecule has 100 valence electrons. The maximum absolute atomic E-state index is 11.7. The number of hydrogen-bond donors (Lipinski definition) is 1. The van der Waals surface area contributed by atoms with Crippen LogP contribution in [0.15, 0.2) is 29.6 Å². The number of rotatable bonds is 3. The molecule has 3 rings (SSSR count). The fraction of sp³-hybridized carbons (Fsp3) is 0.357. The lowest BCUT2D eigenvalue weighted by Gasteiger charge is -2.31. The van der Waals surface area contributed by atoms with Crippen molar-refractivity contribution in [1.82, 2.24) is 4.90 Å². The van der Waals surface area contributed by atoms with Crippen molar-refractivity contribution in [3.8, 4) is 0 Å². The Morgan fingerprint density at radius 2 is 2.05 bits per heavy atom. The van der Waals surface area contributed by atoms with E-state index in [-0.39, 0.29) is 0 Å². The van der Waals surface area contributed by atoms with Crippen LogP contribution in [0.4, 0.5) is 0 Å². The van der Waals surface area contributed by atoms with Crippen LogP contribution in [0, 0.1) is 0 Å². The van der Waals surface area contributed by atoms with Crippen LogP contribution in [0.25, 0.3) is 10.1 Å². The summed E-state index contributed by atoms with van der Waals surface area (Å²) in [5, 5.41) is 12.6. The van der Waals surface area contributed by atoms with Crippen LogP contribution in [0.1, 0.15) is 11.6 Å². The minimum atomic E-state index is -0.787. The van der Waals surface area contributed by atoms with E-state index < -0.39 is 12.0 Å². The van der Waals surface area contributed by atoms with Crippen LogP contribution in [-0.2, 0) is 9.53 Å². The Morgan fingerprint density at radius 3 is 2.79 bits per heavy atom. The standard InChI is InChI=1S/C14H15NO3S/c16-14(17)13(15-5-7-18-8-6-15)11-9-19-12-4-2-1-3-10(11)12/h1-4,9,13H,5-8H2,(H,16,17)/t13-/m1/s1. The van der Waals surface area contributed by atoms with Crippen molar-refractivity contribution < 1.29 is 14.6 Å². The molecule has 1 aliphatic rings. The zero-order valence-corrected chi connectivity index (χ0v) is 11.2. The summed E-state index contributed by atoms with van der Waals surface area (Å²) in [4.78, 5) is 13.6. The molecule has 5 heteroatoms. The van der Waals surface area contributed by atoms with Gasteiger partial charge >= 0.3 is 5.97 Å². The quantitative estimate of drug-likeness (QED) is 0.935. The van der Waals surface area contributed by atoms with Crippen molar-refractivity contribution in [1.29, 1.82) is 0 Å². The first-order valence-electron chi connectivity index (χ1n) is 6.28. The highest BCUT2D eigenvalue weighted by molar-refractivity contribution is 7.17. The first kappa shape index (κ1) is 12.6. The smallest absolute Gasteiger partial charge is 0.325 e. The molecule has 2 aromatic rings. The molecule has 2 heterocycles. The summed E-state index contributed by atoms with van der Waals surface area (Å²) in [6, 6.07) is 7.39. The summed E-state index contributed by atoms with van der Waals surface area (Å²) >= 11 is 1.60. The molecule has 1 N–H and O–H groups in total. The molecule has 0 radical (unpaired) electrons. The van der Waals surface area contributed by atoms with Crippen LogP contribution >= 0.6 is 11.3 Å². The number of morpholine rings is 1. The lowest BCUT2D eigenvalue weighted by molar-refractivity contribution is -0.145. The van der Waals surface area contributed by atoms with Crippen LogP contribution in [0.3, 0.4) is 0 Å². The number of aliphatic carboxylic acids is 1. The Bertz CT molecular complexity index is 589. The lowest BCUT2D eigenvalue weighted by atomic mass is 10.0. The van der Waals surface area contributed by atoms with E-state index in [0.29, 0.717) is 26.3 Å². The molecule has 0 amide bonds. The summed E-state index contributed by atoms with van der Waals surface area (Å²) in [5.41, 5.74) is 0.898. The van der Waals surface area contributed by atoms with Crippen molar-refractivity contribution in [3.63, 3.8) is 0 Å². The molecule has 1 aliphatic heterocycles. The molecule has 1 atom stereocenters. The van der Waals surface area contributed by atoms with Gasteiger partial charge in [0, 0.05) is 17.8 Å². The highest BCUT2D eigenvalue weighted by Gasteiger charge is 2.30. The van der Waals surface area contributed by atoms with Gasteiger partial charge < -0.3 is 9.84 Å². The van der Waals surface area contributed by atoms with E-state index >= 15 is 0 Å². The Labute approximate surface area is 115 Å². The first-order chi connectivity index (χ1) is 9.27. The van der Waals surface area contributed by atoms with E-state index in [1.807, 2.05) is 34.5 Å². The van der Waals surface area contributed by atoms with E-state index in [0.717, 1.165) is 15.6 Å². The molecule has 1 aromatic heterocycles. The lowest BCUT2D eigenvalue weighted by Crippen LogP contribution is -2.42. The maximum atomic E-state index is 11.7. The highest BCUT2D eigenvalue weighted by atomic mass is 32.1. The summed E-state index contributed by atoms with van der Waals surface area (Å²) in [6.07, 6.45) is 0. The van der Waals surface area contributed by atoms with Gasteiger partial charge in [-0.15, -0.1) is 11.3 Å². The number of fused-ring (bicyclic) bond motifs is 1. The molecular formula is C14H15NO3S. The average molecular weight is 277 g/mol. The Morgan fingerprint density at radius 1 is 1.32 bits per heavy atom. The monoisotopic (exact) mass is 277 g/mol. The number of ether oxygens (including phenoxy) is 1. The van der Waals surface area contributed by atoms with Crippen LogP contribution < -0.4 is 0 Å². The van der Waals surface area contributed by atoms with Crippen molar-refractivity contribution in [2.24, 2.45) is 0 Å². The van der Waals surface area contributed by atoms with Gasteiger partial charge in [0.05, 0.1) is 13.2 Å². The number of nitrogens with zero attached hydrogens (tertiary/aromatic N) is 1. The first-order valence-corrected chi connectivity index (χ1v) is 7.16. The maximum Gasteiger partial charge on any atom is 0.325 e. The van der Waals surface area contributed by atoms with Gasteiger partial charge in [0.15, 0.2) is 0 Å². The predicted molar refractivity (Wildman–Crippen MR) is 74.6 cm³/mol. The van der Waals surface area contributed by atoms with Crippen LogP contribution in [-0.4, -0.2) is 42.3 Å². The van der Waals surface area contributed by atoms with Gasteiger partial charge in [-0.1, -0.05) is 18.2 Å². The van der Waals surface area contributed by atoms with Gasteiger partial charge in [0.25, 0.3) is 0 Å². The minimum absolute atomic E-state index is 0.569. The second kappa shape index (κ2) is 5.28. The largest absolute Gasteiger partial charge is 0.480 e. The fourth-order valence-electron chi connectivity index (χ4n) is 2.53. The van der Waals surface area contributed by atoms with E-state index in [9.17, 15) is 9.90 Å². The van der Waals surface area contributed by atoms with Gasteiger partial charge in [0.2, 0.25) is 0 Å². The van der Waals surface area contributed by atoms with E-state index in [4.69, 9.17) is 4.74 Å². The summed E-state index contributed by atoms with van der Waals surface area (Å²) in [5.74, 6) is -0.787. The summed E-state index contributed by atoms with van der Waals surface area (Å²) < 4.78 is 6.44. The molecule has 0 saturated carbocycles. The molecule has 1 aromatic carbocycles. The SMILES string of the molecule is O=C(O)[C@@H](c1csc2ccccc12)N1CCOCC1. The number of carbonyl (C=O) groups is 1. The molecular weight excluding hydrogens is 262 g/mol. The van der Waals surface area contributed by atoms with Gasteiger partial charge in [-0.2, -0.15) is 0 Å². The molecule has 1 fully saturated rings. The molecule has 4 nitrogen and oxygen atoms in total. The minimum Gasteiger partial charge on any atom is -0.480 e. The van der Waals surface area contributed by atoms with Crippen molar-refractivity contribution in [2.45, 2.75) is 6.04 Å². The van der Waals surface area contributed by atoms with E-state index in [1.54, 1.807) is 11.3 Å². The zero-order valence-electron chi connectivity index (χ0n) is 10.4. The van der Waals surface area contributed by atoms with E-state index in [2.05, 4.69) is 0 Å². The molecule has 1 saturated heterocycles. The third-order valence-electron chi connectivity index (χ3n) is 3.45. The normalized spacial score (nSPS) is 18.5. The number of carboxylic acids is 1. The van der Waals surface area contributed by atoms with Crippen molar-refractivity contribution in [3.05, 3.63) is 35.2 Å². The highest BCUT2D eigenvalue weighted by Crippen LogP contribution is 2.33. The Hall–Kier alpha value is -1.43. The molecule has 0 unspecified atom stereocenters. The van der Waals surface area contributed by atoms with Gasteiger partial charge in [-0.25, -0.2) is 0 Å². The Kier molecular flexibility index (Phi) is 3.50. The third kappa shape index (κ3) is 2.36. The summed E-state index contributed by atoms with van der Waals surface area (Å²) in [7, 11) is 0. The topological polar surface area (TPSA) is 49.8 Å². The number of hydrogen-bond acceptors (Lipinski definition) is 4. The van der Waals surface area contributed by atoms with Gasteiger partial charge in [-0.3, -0.25) is 9.69 Å². The molecule has 19 heavy (non-hydrogen) atoms. The third-order valence-corrected chi connectivity index (χ3v) is 4.43. The average Bonchev–Trinajstić information content (AvgIpc) is 2.84. The predicted octanol–water partition coefficient (Wildman–Crippen LogP) is 2.36. The second-order valence-corrected chi connectivity index (χ2v) is 5.49. The second-order valence-electron chi connectivity index (χ2n) is 4.58. The van der Waals surface area contributed by atoms with E-state index in [1.165, 1.54) is 0 Å². The number of thiophene rings is 1. The fourth-order valence-corrected chi connectivity index (χ4v) is 3.51. The zero-order chi connectivity index (χ0) is 13.2. The number of benzene rings is 1. The van der Waals surface area contributed by atoms with Gasteiger partial charge in [-0.05, 0) is 22.4 Å². The summed E-state index contributed by atoms with van der Waals surface area (Å²) in [6.45, 7) is 2.54. The number of carboxylic acid groups (broad SMARTS) is 1. The molecule has 0 spiro atoms. The van der Waals surface area contributed by atoms with Crippen LogP contribution in [0.5, 0.6) is 0 Å². The molecule has 0 aliphatic carbocycles. The Balaban J connectivity index is 2.01. The molecule has 0 bridgehead atoms. The van der Waals surface area contributed by atoms with Crippen molar-refractivity contribution in [2.75, 3.05) is 26.3 Å². The van der Waals surface area contributed by atoms with Gasteiger partial charge in [0.1, 0.15) is 6.04 Å². The van der Waals surface area contributed by atoms with Crippen LogP contribution in [0.2, 0.25) is 0 Å². The van der Waals surface area contributed by atoms with Crippen molar-refractivity contribution >= 4 is 27.4 Å².